The van der Waals surface area contributed by atoms with Crippen LogP contribution in [0.25, 0.3) is 0 Å². The number of aryl methyl sites for hydroxylation is 1. The third-order valence-corrected chi connectivity index (χ3v) is 2.90. The molecule has 1 saturated heterocycles. The third-order valence-electron chi connectivity index (χ3n) is 2.90. The monoisotopic (exact) mass is 223 g/mol. The zero-order chi connectivity index (χ0) is 12.0. The predicted octanol–water partition coefficient (Wildman–Crippen LogP) is 3.76. The number of rotatable bonds is 2. The Hall–Kier alpha value is -0.890. The van der Waals surface area contributed by atoms with Crippen LogP contribution < -0.4 is 0 Å². The molecule has 0 spiro atoms. The van der Waals surface area contributed by atoms with Gasteiger partial charge in [-0.15, -0.1) is 0 Å². The molecule has 2 rings (SSSR count). The van der Waals surface area contributed by atoms with Crippen LogP contribution in [-0.2, 0) is 6.54 Å². The van der Waals surface area contributed by atoms with E-state index in [2.05, 4.69) is 4.90 Å². The van der Waals surface area contributed by atoms with Gasteiger partial charge in [-0.05, 0) is 56.1 Å². The Labute approximate surface area is 98.3 Å². The molecule has 1 fully saturated rings. The lowest BCUT2D eigenvalue weighted by Crippen LogP contribution is -2.19. The fourth-order valence-electron chi connectivity index (χ4n) is 1.99. The Kier molecular flexibility index (Phi) is 5.47. The molecule has 0 amide bonds. The van der Waals surface area contributed by atoms with E-state index >= 15 is 0 Å². The van der Waals surface area contributed by atoms with Crippen molar-refractivity contribution < 1.29 is 4.39 Å². The molecular formula is C14H22FN. The van der Waals surface area contributed by atoms with Crippen LogP contribution in [0.3, 0.4) is 0 Å². The predicted molar refractivity (Wildman–Crippen MR) is 67.0 cm³/mol. The summed E-state index contributed by atoms with van der Waals surface area (Å²) < 4.78 is 13.0. The van der Waals surface area contributed by atoms with E-state index in [1.165, 1.54) is 24.5 Å². The summed E-state index contributed by atoms with van der Waals surface area (Å²) in [7, 11) is 0. The number of hydrogen-bond acceptors (Lipinski definition) is 1. The van der Waals surface area contributed by atoms with Crippen molar-refractivity contribution in [3.63, 3.8) is 0 Å². The largest absolute Gasteiger partial charge is 0.299 e. The molecule has 0 saturated carbocycles. The Morgan fingerprint density at radius 3 is 2.44 bits per heavy atom. The van der Waals surface area contributed by atoms with Gasteiger partial charge in [-0.2, -0.15) is 0 Å². The first-order valence-electron chi connectivity index (χ1n) is 6.23. The SMILES string of the molecule is CC.Cc1ccc(F)cc1CN1CCCC1. The van der Waals surface area contributed by atoms with Gasteiger partial charge in [0.25, 0.3) is 0 Å². The Bertz CT molecular complexity index is 317. The van der Waals surface area contributed by atoms with Gasteiger partial charge in [-0.3, -0.25) is 4.90 Å². The summed E-state index contributed by atoms with van der Waals surface area (Å²) in [4.78, 5) is 2.39. The zero-order valence-electron chi connectivity index (χ0n) is 10.6. The summed E-state index contributed by atoms with van der Waals surface area (Å²) in [5.41, 5.74) is 2.32. The van der Waals surface area contributed by atoms with E-state index < -0.39 is 0 Å². The number of halogens is 1. The standard InChI is InChI=1S/C12H16FN.C2H6/c1-10-4-5-12(13)8-11(10)9-14-6-2-3-7-14;1-2/h4-5,8H,2-3,6-7,9H2,1H3;1-2H3. The van der Waals surface area contributed by atoms with Gasteiger partial charge in [0, 0.05) is 6.54 Å². The van der Waals surface area contributed by atoms with Crippen LogP contribution in [0.5, 0.6) is 0 Å². The second kappa shape index (κ2) is 6.64. The summed E-state index contributed by atoms with van der Waals surface area (Å²) in [5, 5.41) is 0. The average molecular weight is 223 g/mol. The summed E-state index contributed by atoms with van der Waals surface area (Å²) in [6, 6.07) is 5.05. The fraction of sp³-hybridized carbons (Fsp3) is 0.571. The smallest absolute Gasteiger partial charge is 0.123 e. The lowest BCUT2D eigenvalue weighted by molar-refractivity contribution is 0.330. The van der Waals surface area contributed by atoms with Crippen molar-refractivity contribution in [3.8, 4) is 0 Å². The normalized spacial score (nSPS) is 15.8. The van der Waals surface area contributed by atoms with Gasteiger partial charge in [0.05, 0.1) is 0 Å². The topological polar surface area (TPSA) is 3.24 Å². The highest BCUT2D eigenvalue weighted by atomic mass is 19.1. The van der Waals surface area contributed by atoms with Crippen LogP contribution in [0.2, 0.25) is 0 Å². The molecule has 90 valence electrons. The molecule has 16 heavy (non-hydrogen) atoms. The summed E-state index contributed by atoms with van der Waals surface area (Å²) in [6.07, 6.45) is 2.57. The van der Waals surface area contributed by atoms with E-state index in [1.807, 2.05) is 26.8 Å². The Balaban J connectivity index is 0.000000606. The fourth-order valence-corrected chi connectivity index (χ4v) is 1.99. The quantitative estimate of drug-likeness (QED) is 0.738. The molecular weight excluding hydrogens is 201 g/mol. The van der Waals surface area contributed by atoms with Gasteiger partial charge in [0.2, 0.25) is 0 Å². The van der Waals surface area contributed by atoms with Crippen LogP contribution in [-0.4, -0.2) is 18.0 Å². The first-order chi connectivity index (χ1) is 7.75. The second-order valence-electron chi connectivity index (χ2n) is 4.05. The molecule has 0 bridgehead atoms. The molecule has 0 N–H and O–H groups in total. The summed E-state index contributed by atoms with van der Waals surface area (Å²) in [5.74, 6) is -0.121. The van der Waals surface area contributed by atoms with Gasteiger partial charge in [0.15, 0.2) is 0 Å². The minimum absolute atomic E-state index is 0.121. The summed E-state index contributed by atoms with van der Waals surface area (Å²) >= 11 is 0. The van der Waals surface area contributed by atoms with Crippen LogP contribution >= 0.6 is 0 Å². The average Bonchev–Trinajstić information content (AvgIpc) is 2.79. The van der Waals surface area contributed by atoms with Crippen molar-refractivity contribution >= 4 is 0 Å². The third kappa shape index (κ3) is 3.60. The van der Waals surface area contributed by atoms with Crippen LogP contribution in [0, 0.1) is 12.7 Å². The van der Waals surface area contributed by atoms with Crippen molar-refractivity contribution in [1.29, 1.82) is 0 Å². The molecule has 1 aliphatic heterocycles. The van der Waals surface area contributed by atoms with E-state index in [9.17, 15) is 4.39 Å². The molecule has 0 unspecified atom stereocenters. The van der Waals surface area contributed by atoms with Gasteiger partial charge in [-0.1, -0.05) is 19.9 Å². The van der Waals surface area contributed by atoms with Crippen LogP contribution in [0.1, 0.15) is 37.8 Å². The zero-order valence-corrected chi connectivity index (χ0v) is 10.6. The van der Waals surface area contributed by atoms with Gasteiger partial charge >= 0.3 is 0 Å². The Morgan fingerprint density at radius 2 is 1.81 bits per heavy atom. The number of benzene rings is 1. The van der Waals surface area contributed by atoms with E-state index in [0.29, 0.717) is 0 Å². The number of hydrogen-bond donors (Lipinski definition) is 0. The maximum atomic E-state index is 13.0. The molecule has 1 aromatic carbocycles. The first-order valence-corrected chi connectivity index (χ1v) is 6.23. The lowest BCUT2D eigenvalue weighted by Gasteiger charge is -2.16. The molecule has 1 heterocycles. The summed E-state index contributed by atoms with van der Waals surface area (Å²) in [6.45, 7) is 9.28. The van der Waals surface area contributed by atoms with Gasteiger partial charge in [-0.25, -0.2) is 4.39 Å². The molecule has 0 aliphatic carbocycles. The van der Waals surface area contributed by atoms with E-state index in [-0.39, 0.29) is 5.82 Å². The van der Waals surface area contributed by atoms with Crippen LogP contribution in [0.4, 0.5) is 4.39 Å². The lowest BCUT2D eigenvalue weighted by atomic mass is 10.1. The molecule has 1 nitrogen and oxygen atoms in total. The van der Waals surface area contributed by atoms with E-state index in [1.54, 1.807) is 6.07 Å². The van der Waals surface area contributed by atoms with E-state index in [4.69, 9.17) is 0 Å². The second-order valence-corrected chi connectivity index (χ2v) is 4.05. The number of nitrogens with zero attached hydrogens (tertiary/aromatic N) is 1. The molecule has 0 aromatic heterocycles. The maximum Gasteiger partial charge on any atom is 0.123 e. The van der Waals surface area contributed by atoms with Crippen LogP contribution in [0.15, 0.2) is 18.2 Å². The van der Waals surface area contributed by atoms with Crippen molar-refractivity contribution in [2.45, 2.75) is 40.2 Å². The van der Waals surface area contributed by atoms with Crippen molar-refractivity contribution in [3.05, 3.63) is 35.1 Å². The number of likely N-dealkylation sites (tertiary alicyclic amines) is 1. The highest BCUT2D eigenvalue weighted by molar-refractivity contribution is 5.26. The van der Waals surface area contributed by atoms with Gasteiger partial charge < -0.3 is 0 Å². The minimum Gasteiger partial charge on any atom is -0.299 e. The highest BCUT2D eigenvalue weighted by Crippen LogP contribution is 2.16. The molecule has 0 radical (unpaired) electrons. The van der Waals surface area contributed by atoms with Gasteiger partial charge in [0.1, 0.15) is 5.82 Å². The maximum absolute atomic E-state index is 13.0. The van der Waals surface area contributed by atoms with E-state index in [0.717, 1.165) is 25.2 Å². The van der Waals surface area contributed by atoms with Crippen molar-refractivity contribution in [1.82, 2.24) is 4.90 Å². The van der Waals surface area contributed by atoms with Crippen molar-refractivity contribution in [2.75, 3.05) is 13.1 Å². The highest BCUT2D eigenvalue weighted by Gasteiger charge is 2.12. The van der Waals surface area contributed by atoms with Crippen molar-refractivity contribution in [2.24, 2.45) is 0 Å². The minimum atomic E-state index is -0.121. The molecule has 2 heteroatoms. The first kappa shape index (κ1) is 13.2. The Morgan fingerprint density at radius 1 is 1.19 bits per heavy atom. The molecule has 1 aliphatic rings. The molecule has 0 atom stereocenters. The molecule has 1 aromatic rings.